The lowest BCUT2D eigenvalue weighted by Gasteiger charge is -2.22. The molecule has 0 atom stereocenters. The predicted molar refractivity (Wildman–Crippen MR) is 118 cm³/mol. The Balaban J connectivity index is 1.68. The van der Waals surface area contributed by atoms with Crippen molar-refractivity contribution < 1.29 is 19.1 Å². The van der Waals surface area contributed by atoms with E-state index < -0.39 is 11.6 Å². The van der Waals surface area contributed by atoms with E-state index in [0.29, 0.717) is 17.7 Å². The molecule has 0 radical (unpaired) electrons. The average molecular weight is 411 g/mol. The summed E-state index contributed by atoms with van der Waals surface area (Å²) < 4.78 is 11.6. The maximum absolute atomic E-state index is 11.2. The quantitative estimate of drug-likeness (QED) is 0.497. The van der Waals surface area contributed by atoms with Crippen LogP contribution >= 0.6 is 0 Å². The highest BCUT2D eigenvalue weighted by Crippen LogP contribution is 2.24. The topological polar surface area (TPSA) is 75.8 Å². The summed E-state index contributed by atoms with van der Waals surface area (Å²) in [5.74, 6) is 0.137. The lowest BCUT2D eigenvalue weighted by molar-refractivity contribution is -0.152. The van der Waals surface area contributed by atoms with Gasteiger partial charge in [-0.05, 0) is 62.4 Å². The van der Waals surface area contributed by atoms with Crippen molar-refractivity contribution in [1.82, 2.24) is 4.98 Å². The van der Waals surface area contributed by atoms with Gasteiger partial charge >= 0.3 is 5.97 Å². The molecule has 6 heteroatoms. The van der Waals surface area contributed by atoms with Crippen LogP contribution in [-0.2, 0) is 11.2 Å². The van der Waals surface area contributed by atoms with Crippen molar-refractivity contribution in [1.29, 1.82) is 0 Å². The van der Waals surface area contributed by atoms with E-state index >= 15 is 0 Å². The zero-order valence-electron chi connectivity index (χ0n) is 18.1. The fourth-order valence-electron chi connectivity index (χ4n) is 3.04. The minimum Gasteiger partial charge on any atom is -0.478 e. The Labute approximate surface area is 177 Å². The Morgan fingerprint density at radius 3 is 2.47 bits per heavy atom. The van der Waals surface area contributed by atoms with Crippen LogP contribution in [0.25, 0.3) is 11.1 Å². The molecule has 0 aliphatic heterocycles. The lowest BCUT2D eigenvalue weighted by atomic mass is 10.1. The standard InChI is InChI=1S/C24H30N2O4/c1-17(2)13-15-26(23-25-20-7-5-6-8-21(20)29-23)16-14-18-9-11-19(12-10-18)30-24(3,4)22(27)28/h5-12,17H,13-16H2,1-4H3,(H,27,28). The van der Waals surface area contributed by atoms with Gasteiger partial charge in [-0.1, -0.05) is 38.1 Å². The van der Waals surface area contributed by atoms with Crippen molar-refractivity contribution in [3.05, 3.63) is 54.1 Å². The Morgan fingerprint density at radius 2 is 1.83 bits per heavy atom. The molecule has 3 aromatic rings. The van der Waals surface area contributed by atoms with Crippen molar-refractivity contribution in [3.8, 4) is 5.75 Å². The maximum atomic E-state index is 11.2. The van der Waals surface area contributed by atoms with Crippen molar-refractivity contribution in [2.24, 2.45) is 5.92 Å². The molecule has 0 unspecified atom stereocenters. The van der Waals surface area contributed by atoms with Gasteiger partial charge in [-0.25, -0.2) is 4.79 Å². The summed E-state index contributed by atoms with van der Waals surface area (Å²) in [4.78, 5) is 18.1. The van der Waals surface area contributed by atoms with Crippen LogP contribution in [0.1, 0.15) is 39.7 Å². The first-order valence-corrected chi connectivity index (χ1v) is 10.4. The van der Waals surface area contributed by atoms with E-state index in [0.717, 1.165) is 42.6 Å². The fourth-order valence-corrected chi connectivity index (χ4v) is 3.04. The third-order valence-electron chi connectivity index (χ3n) is 5.01. The summed E-state index contributed by atoms with van der Waals surface area (Å²) in [5.41, 5.74) is 1.54. The number of hydrogen-bond acceptors (Lipinski definition) is 5. The van der Waals surface area contributed by atoms with E-state index in [4.69, 9.17) is 9.15 Å². The van der Waals surface area contributed by atoms with Crippen LogP contribution in [0.5, 0.6) is 5.75 Å². The molecular weight excluding hydrogens is 380 g/mol. The summed E-state index contributed by atoms with van der Waals surface area (Å²) >= 11 is 0. The second-order valence-electron chi connectivity index (χ2n) is 8.45. The number of oxazole rings is 1. The van der Waals surface area contributed by atoms with Gasteiger partial charge in [0, 0.05) is 13.1 Å². The van der Waals surface area contributed by atoms with Crippen molar-refractivity contribution in [2.45, 2.75) is 46.1 Å². The fraction of sp³-hybridized carbons (Fsp3) is 0.417. The first kappa shape index (κ1) is 21.7. The Hall–Kier alpha value is -3.02. The third-order valence-corrected chi connectivity index (χ3v) is 5.01. The smallest absolute Gasteiger partial charge is 0.347 e. The lowest BCUT2D eigenvalue weighted by Crippen LogP contribution is -2.37. The normalized spacial score (nSPS) is 11.8. The molecule has 0 spiro atoms. The number of rotatable bonds is 10. The number of hydrogen-bond donors (Lipinski definition) is 1. The maximum Gasteiger partial charge on any atom is 0.347 e. The van der Waals surface area contributed by atoms with Crippen molar-refractivity contribution in [2.75, 3.05) is 18.0 Å². The van der Waals surface area contributed by atoms with E-state index in [1.165, 1.54) is 13.8 Å². The van der Waals surface area contributed by atoms with Crippen LogP contribution in [0, 0.1) is 5.92 Å². The number of nitrogens with zero attached hydrogens (tertiary/aromatic N) is 2. The summed E-state index contributed by atoms with van der Waals surface area (Å²) in [6, 6.07) is 16.0. The number of para-hydroxylation sites is 2. The zero-order valence-corrected chi connectivity index (χ0v) is 18.1. The molecule has 0 bridgehead atoms. The monoisotopic (exact) mass is 410 g/mol. The average Bonchev–Trinajstić information content (AvgIpc) is 3.12. The van der Waals surface area contributed by atoms with Gasteiger partial charge in [0.25, 0.3) is 6.01 Å². The first-order chi connectivity index (χ1) is 14.2. The molecule has 0 aliphatic carbocycles. The van der Waals surface area contributed by atoms with Gasteiger partial charge in [0.15, 0.2) is 11.2 Å². The van der Waals surface area contributed by atoms with Gasteiger partial charge < -0.3 is 19.2 Å². The molecule has 0 saturated carbocycles. The summed E-state index contributed by atoms with van der Waals surface area (Å²) in [7, 11) is 0. The van der Waals surface area contributed by atoms with Gasteiger partial charge in [-0.15, -0.1) is 0 Å². The highest BCUT2D eigenvalue weighted by atomic mass is 16.5. The molecule has 30 heavy (non-hydrogen) atoms. The van der Waals surface area contributed by atoms with Crippen LogP contribution in [-0.4, -0.2) is 34.8 Å². The molecule has 0 aliphatic rings. The van der Waals surface area contributed by atoms with E-state index in [-0.39, 0.29) is 0 Å². The molecular formula is C24H30N2O4. The second kappa shape index (κ2) is 9.20. The number of fused-ring (bicyclic) bond motifs is 1. The van der Waals surface area contributed by atoms with Gasteiger partial charge in [0.05, 0.1) is 0 Å². The minimum absolute atomic E-state index is 0.543. The Bertz CT molecular complexity index is 943. The molecule has 6 nitrogen and oxygen atoms in total. The van der Waals surface area contributed by atoms with E-state index in [2.05, 4.69) is 23.7 Å². The van der Waals surface area contributed by atoms with Crippen LogP contribution in [0.3, 0.4) is 0 Å². The Kier molecular flexibility index (Phi) is 6.65. The predicted octanol–water partition coefficient (Wildman–Crippen LogP) is 5.17. The summed E-state index contributed by atoms with van der Waals surface area (Å²) in [6.07, 6.45) is 1.87. The van der Waals surface area contributed by atoms with Crippen molar-refractivity contribution in [3.63, 3.8) is 0 Å². The number of anilines is 1. The summed E-state index contributed by atoms with van der Waals surface area (Å²) in [6.45, 7) is 9.15. The number of carbonyl (C=O) groups is 1. The molecule has 1 N–H and O–H groups in total. The highest BCUT2D eigenvalue weighted by Gasteiger charge is 2.29. The number of carboxylic acid groups (broad SMARTS) is 1. The third kappa shape index (κ3) is 5.53. The molecule has 0 fully saturated rings. The molecule has 0 saturated heterocycles. The van der Waals surface area contributed by atoms with Gasteiger partial charge in [0.2, 0.25) is 0 Å². The van der Waals surface area contributed by atoms with Crippen LogP contribution in [0.2, 0.25) is 0 Å². The number of ether oxygens (including phenoxy) is 1. The molecule has 0 amide bonds. The van der Waals surface area contributed by atoms with Gasteiger partial charge in [0.1, 0.15) is 11.3 Å². The molecule has 1 aromatic heterocycles. The van der Waals surface area contributed by atoms with Crippen molar-refractivity contribution >= 4 is 23.1 Å². The minimum atomic E-state index is -1.26. The Morgan fingerprint density at radius 1 is 1.13 bits per heavy atom. The summed E-state index contributed by atoms with van der Waals surface area (Å²) in [5, 5.41) is 9.21. The number of benzene rings is 2. The first-order valence-electron chi connectivity index (χ1n) is 10.4. The van der Waals surface area contributed by atoms with E-state index in [1.807, 2.05) is 48.5 Å². The second-order valence-corrected chi connectivity index (χ2v) is 8.45. The van der Waals surface area contributed by atoms with Gasteiger partial charge in [-0.3, -0.25) is 0 Å². The van der Waals surface area contributed by atoms with Gasteiger partial charge in [-0.2, -0.15) is 4.98 Å². The largest absolute Gasteiger partial charge is 0.478 e. The number of aromatic nitrogens is 1. The van der Waals surface area contributed by atoms with E-state index in [9.17, 15) is 9.90 Å². The van der Waals surface area contributed by atoms with Crippen LogP contribution in [0.15, 0.2) is 52.9 Å². The zero-order chi connectivity index (χ0) is 21.7. The highest BCUT2D eigenvalue weighted by molar-refractivity contribution is 5.76. The molecule has 160 valence electrons. The molecule has 2 aromatic carbocycles. The number of aliphatic carboxylic acids is 1. The SMILES string of the molecule is CC(C)CCN(CCc1ccc(OC(C)(C)C(=O)O)cc1)c1nc2ccccc2o1. The van der Waals surface area contributed by atoms with E-state index in [1.54, 1.807) is 0 Å². The molecule has 1 heterocycles. The molecule has 3 rings (SSSR count). The van der Waals surface area contributed by atoms with Crippen LogP contribution < -0.4 is 9.64 Å². The van der Waals surface area contributed by atoms with Crippen LogP contribution in [0.4, 0.5) is 6.01 Å². The number of carboxylic acids is 1.